The Morgan fingerprint density at radius 1 is 1.50 bits per heavy atom. The Bertz CT molecular complexity index is 462. The van der Waals surface area contributed by atoms with Gasteiger partial charge in [0, 0.05) is 32.4 Å². The zero-order valence-electron chi connectivity index (χ0n) is 10.5. The second-order valence-corrected chi connectivity index (χ2v) is 4.83. The quantitative estimate of drug-likeness (QED) is 0.858. The number of benzene rings is 1. The molecule has 5 heteroatoms. The Balaban J connectivity index is 2.26. The van der Waals surface area contributed by atoms with Crippen LogP contribution in [0.15, 0.2) is 18.2 Å². The van der Waals surface area contributed by atoms with Crippen molar-refractivity contribution in [2.75, 3.05) is 25.5 Å². The zero-order valence-corrected chi connectivity index (χ0v) is 10.5. The molecule has 98 valence electrons. The fraction of sp³-hybridized carbons (Fsp3) is 0.462. The number of rotatable bonds is 3. The summed E-state index contributed by atoms with van der Waals surface area (Å²) in [6.07, 6.45) is 0.543. The summed E-state index contributed by atoms with van der Waals surface area (Å²) in [4.78, 5) is 12.8. The second kappa shape index (κ2) is 4.94. The first-order chi connectivity index (χ1) is 8.49. The smallest absolute Gasteiger partial charge is 0.307 e. The zero-order chi connectivity index (χ0) is 13.3. The van der Waals surface area contributed by atoms with Gasteiger partial charge in [0.1, 0.15) is 5.82 Å². The summed E-state index contributed by atoms with van der Waals surface area (Å²) in [6, 6.07) is 4.60. The van der Waals surface area contributed by atoms with Gasteiger partial charge in [-0.25, -0.2) is 4.39 Å². The molecule has 2 rings (SSSR count). The van der Waals surface area contributed by atoms with Gasteiger partial charge in [-0.2, -0.15) is 0 Å². The third kappa shape index (κ3) is 2.46. The minimum absolute atomic E-state index is 0.0240. The first-order valence-electron chi connectivity index (χ1n) is 5.92. The molecule has 0 bridgehead atoms. The van der Waals surface area contributed by atoms with Crippen molar-refractivity contribution in [1.82, 2.24) is 5.32 Å². The lowest BCUT2D eigenvalue weighted by atomic mass is 9.98. The van der Waals surface area contributed by atoms with Gasteiger partial charge in [-0.3, -0.25) is 4.79 Å². The third-order valence-electron chi connectivity index (χ3n) is 3.33. The molecule has 1 aromatic carbocycles. The van der Waals surface area contributed by atoms with Crippen molar-refractivity contribution in [2.45, 2.75) is 12.5 Å². The summed E-state index contributed by atoms with van der Waals surface area (Å²) in [5, 5.41) is 12.2. The number of hydrogen-bond acceptors (Lipinski definition) is 3. The molecule has 2 N–H and O–H groups in total. The van der Waals surface area contributed by atoms with Crippen LogP contribution in [0, 0.1) is 11.7 Å². The van der Waals surface area contributed by atoms with Crippen LogP contribution < -0.4 is 10.2 Å². The van der Waals surface area contributed by atoms with Crippen molar-refractivity contribution >= 4 is 11.7 Å². The minimum Gasteiger partial charge on any atom is -0.481 e. The van der Waals surface area contributed by atoms with Crippen molar-refractivity contribution in [2.24, 2.45) is 5.92 Å². The molecule has 0 aliphatic carbocycles. The largest absolute Gasteiger partial charge is 0.481 e. The van der Waals surface area contributed by atoms with Gasteiger partial charge in [0.15, 0.2) is 0 Å². The van der Waals surface area contributed by atoms with Crippen molar-refractivity contribution in [3.05, 3.63) is 29.6 Å². The Hall–Kier alpha value is -1.62. The van der Waals surface area contributed by atoms with Crippen LogP contribution in [-0.4, -0.2) is 31.7 Å². The number of halogens is 1. The van der Waals surface area contributed by atoms with Crippen LogP contribution in [0.4, 0.5) is 10.1 Å². The molecule has 0 saturated carbocycles. The van der Waals surface area contributed by atoms with Crippen LogP contribution in [0.3, 0.4) is 0 Å². The number of nitrogens with zero attached hydrogens (tertiary/aromatic N) is 1. The fourth-order valence-electron chi connectivity index (χ4n) is 2.36. The number of hydrogen-bond donors (Lipinski definition) is 2. The molecular formula is C13H17FN2O2. The molecule has 1 heterocycles. The van der Waals surface area contributed by atoms with Gasteiger partial charge in [0.05, 0.1) is 5.92 Å². The standard InChI is InChI=1S/C13H17FN2O2/c1-16(2)12-6-9(14)3-4-10(12)11-5-8(7-15-11)13(17)18/h3-4,6,8,11,15H,5,7H2,1-2H3,(H,17,18). The summed E-state index contributed by atoms with van der Waals surface area (Å²) in [5.74, 6) is -1.43. The Labute approximate surface area is 105 Å². The van der Waals surface area contributed by atoms with Crippen molar-refractivity contribution < 1.29 is 14.3 Å². The predicted octanol–water partition coefficient (Wildman–Crippen LogP) is 1.63. The van der Waals surface area contributed by atoms with Gasteiger partial charge in [-0.15, -0.1) is 0 Å². The van der Waals surface area contributed by atoms with Crippen LogP contribution in [0.5, 0.6) is 0 Å². The molecule has 0 spiro atoms. The number of anilines is 1. The van der Waals surface area contributed by atoms with E-state index in [4.69, 9.17) is 5.11 Å². The van der Waals surface area contributed by atoms with E-state index in [0.717, 1.165) is 11.3 Å². The van der Waals surface area contributed by atoms with E-state index in [-0.39, 0.29) is 17.8 Å². The topological polar surface area (TPSA) is 52.6 Å². The maximum atomic E-state index is 13.3. The highest BCUT2D eigenvalue weighted by Crippen LogP contribution is 2.33. The molecule has 0 amide bonds. The highest BCUT2D eigenvalue weighted by molar-refractivity contribution is 5.71. The number of aliphatic carboxylic acids is 1. The molecule has 2 unspecified atom stereocenters. The summed E-state index contributed by atoms with van der Waals surface area (Å²) in [7, 11) is 3.70. The van der Waals surface area contributed by atoms with Crippen LogP contribution in [0.2, 0.25) is 0 Å². The highest BCUT2D eigenvalue weighted by atomic mass is 19.1. The maximum absolute atomic E-state index is 13.3. The first kappa shape index (κ1) is 12.8. The molecular weight excluding hydrogens is 235 g/mol. The van der Waals surface area contributed by atoms with Crippen LogP contribution in [-0.2, 0) is 4.79 Å². The average molecular weight is 252 g/mol. The fourth-order valence-corrected chi connectivity index (χ4v) is 2.36. The third-order valence-corrected chi connectivity index (χ3v) is 3.33. The van der Waals surface area contributed by atoms with E-state index in [1.165, 1.54) is 12.1 Å². The van der Waals surface area contributed by atoms with Crippen LogP contribution in [0.25, 0.3) is 0 Å². The molecule has 18 heavy (non-hydrogen) atoms. The van der Waals surface area contributed by atoms with Gasteiger partial charge in [-0.1, -0.05) is 6.07 Å². The molecule has 1 aliphatic rings. The lowest BCUT2D eigenvalue weighted by Crippen LogP contribution is -2.19. The highest BCUT2D eigenvalue weighted by Gasteiger charge is 2.31. The molecule has 1 fully saturated rings. The van der Waals surface area contributed by atoms with E-state index >= 15 is 0 Å². The number of nitrogens with one attached hydrogen (secondary N) is 1. The molecule has 2 atom stereocenters. The van der Waals surface area contributed by atoms with E-state index < -0.39 is 5.97 Å². The summed E-state index contributed by atoms with van der Waals surface area (Å²) >= 11 is 0. The van der Waals surface area contributed by atoms with Gasteiger partial charge >= 0.3 is 5.97 Å². The molecule has 1 aromatic rings. The lowest BCUT2D eigenvalue weighted by Gasteiger charge is -2.21. The van der Waals surface area contributed by atoms with Crippen molar-refractivity contribution in [1.29, 1.82) is 0 Å². The normalized spacial score (nSPS) is 23.1. The van der Waals surface area contributed by atoms with E-state index in [1.54, 1.807) is 6.07 Å². The number of carboxylic acids is 1. The number of carboxylic acid groups (broad SMARTS) is 1. The number of carbonyl (C=O) groups is 1. The Kier molecular flexibility index (Phi) is 3.52. The van der Waals surface area contributed by atoms with E-state index in [1.807, 2.05) is 19.0 Å². The molecule has 1 aliphatic heterocycles. The van der Waals surface area contributed by atoms with Gasteiger partial charge in [0.2, 0.25) is 0 Å². The van der Waals surface area contributed by atoms with Gasteiger partial charge < -0.3 is 15.3 Å². The Morgan fingerprint density at radius 2 is 2.22 bits per heavy atom. The first-order valence-corrected chi connectivity index (χ1v) is 5.92. The van der Waals surface area contributed by atoms with E-state index in [0.29, 0.717) is 13.0 Å². The summed E-state index contributed by atoms with van der Waals surface area (Å²) in [5.41, 5.74) is 1.74. The molecule has 0 radical (unpaired) electrons. The second-order valence-electron chi connectivity index (χ2n) is 4.83. The average Bonchev–Trinajstić information content (AvgIpc) is 2.78. The minimum atomic E-state index is -0.779. The van der Waals surface area contributed by atoms with Crippen molar-refractivity contribution in [3.8, 4) is 0 Å². The van der Waals surface area contributed by atoms with E-state index in [2.05, 4.69) is 5.32 Å². The van der Waals surface area contributed by atoms with Gasteiger partial charge in [-0.05, 0) is 24.1 Å². The summed E-state index contributed by atoms with van der Waals surface area (Å²) < 4.78 is 13.3. The lowest BCUT2D eigenvalue weighted by molar-refractivity contribution is -0.141. The van der Waals surface area contributed by atoms with Crippen LogP contribution in [0.1, 0.15) is 18.0 Å². The van der Waals surface area contributed by atoms with E-state index in [9.17, 15) is 9.18 Å². The Morgan fingerprint density at radius 3 is 2.78 bits per heavy atom. The van der Waals surface area contributed by atoms with Crippen molar-refractivity contribution in [3.63, 3.8) is 0 Å². The maximum Gasteiger partial charge on any atom is 0.307 e. The molecule has 4 nitrogen and oxygen atoms in total. The van der Waals surface area contributed by atoms with Crippen LogP contribution >= 0.6 is 0 Å². The molecule has 1 saturated heterocycles. The van der Waals surface area contributed by atoms with Gasteiger partial charge in [0.25, 0.3) is 0 Å². The predicted molar refractivity (Wildman–Crippen MR) is 67.2 cm³/mol. The summed E-state index contributed by atoms with van der Waals surface area (Å²) in [6.45, 7) is 0.463. The SMILES string of the molecule is CN(C)c1cc(F)ccc1C1CC(C(=O)O)CN1. The monoisotopic (exact) mass is 252 g/mol. The molecule has 0 aromatic heterocycles.